The first-order chi connectivity index (χ1) is 27.6. The van der Waals surface area contributed by atoms with E-state index < -0.39 is 10.8 Å². The summed E-state index contributed by atoms with van der Waals surface area (Å²) in [4.78, 5) is 30.4. The van der Waals surface area contributed by atoms with Crippen molar-refractivity contribution in [1.82, 2.24) is 0 Å². The predicted molar refractivity (Wildman–Crippen MR) is 223 cm³/mol. The van der Waals surface area contributed by atoms with Crippen LogP contribution in [-0.4, -0.2) is 11.6 Å². The lowest BCUT2D eigenvalue weighted by atomic mass is 9.39. The molecule has 0 saturated heterocycles. The summed E-state index contributed by atoms with van der Waals surface area (Å²) >= 11 is 0. The summed E-state index contributed by atoms with van der Waals surface area (Å²) in [5.74, 6) is 0.0209. The standard InChI is InChI=1S/C54H30O2/c55-51-39-23-19-33-15-7-9-17-37(33)47(39)53-43-27-21-35(31-11-3-1-4-12-31)29-45(43)54(46-30-36(22-28-44(46)53)32-13-5-2-6-14-32)48-38-18-10-8-16-34(38)20-24-40(48)52(56)42-26-25-41(51)49(53)50(42)54/h1-30H. The van der Waals surface area contributed by atoms with Gasteiger partial charge < -0.3 is 0 Å². The van der Waals surface area contributed by atoms with Crippen molar-refractivity contribution in [2.45, 2.75) is 10.8 Å². The normalized spacial score (nSPS) is 18.9. The molecule has 0 N–H and O–H groups in total. The van der Waals surface area contributed by atoms with Crippen molar-refractivity contribution in [3.05, 3.63) is 249 Å². The van der Waals surface area contributed by atoms with Crippen molar-refractivity contribution >= 4 is 33.1 Å². The topological polar surface area (TPSA) is 34.1 Å². The molecule has 2 bridgehead atoms. The number of carbonyl (C=O) groups is 2. The molecule has 0 amide bonds. The Kier molecular flexibility index (Phi) is 5.57. The third-order valence-electron chi connectivity index (χ3n) is 13.4. The minimum absolute atomic E-state index is 0.00886. The molecule has 0 atom stereocenters. The summed E-state index contributed by atoms with van der Waals surface area (Å²) in [6.07, 6.45) is 0. The van der Waals surface area contributed by atoms with E-state index in [0.717, 1.165) is 71.6 Å². The monoisotopic (exact) mass is 710 g/mol. The van der Waals surface area contributed by atoms with Crippen LogP contribution in [0.25, 0.3) is 43.8 Å². The van der Waals surface area contributed by atoms with Crippen LogP contribution in [0.5, 0.6) is 0 Å². The lowest BCUT2D eigenvalue weighted by molar-refractivity contribution is 0.101. The fourth-order valence-electron chi connectivity index (χ4n) is 11.4. The fourth-order valence-corrected chi connectivity index (χ4v) is 11.4. The van der Waals surface area contributed by atoms with Gasteiger partial charge in [0.25, 0.3) is 0 Å². The zero-order valence-corrected chi connectivity index (χ0v) is 30.1. The molecule has 0 fully saturated rings. The third kappa shape index (κ3) is 3.33. The molecule has 14 rings (SSSR count). The second kappa shape index (κ2) is 10.3. The molecule has 2 heteroatoms. The van der Waals surface area contributed by atoms with Gasteiger partial charge >= 0.3 is 0 Å². The molecule has 2 nitrogen and oxygen atoms in total. The Labute approximate surface area is 323 Å². The number of fused-ring (bicyclic) bond motifs is 6. The first-order valence-corrected chi connectivity index (χ1v) is 19.3. The van der Waals surface area contributed by atoms with Crippen LogP contribution < -0.4 is 0 Å². The molecule has 9 aromatic rings. The Morgan fingerprint density at radius 2 is 0.661 bits per heavy atom. The van der Waals surface area contributed by atoms with Crippen LogP contribution in [-0.2, 0) is 10.8 Å². The second-order valence-electron chi connectivity index (χ2n) is 15.7. The number of rotatable bonds is 2. The maximum atomic E-state index is 15.2. The molecular formula is C54H30O2. The van der Waals surface area contributed by atoms with Crippen LogP contribution in [0.1, 0.15) is 76.4 Å². The lowest BCUT2D eigenvalue weighted by Gasteiger charge is -2.61. The Morgan fingerprint density at radius 1 is 0.286 bits per heavy atom. The smallest absolute Gasteiger partial charge is 0.193 e. The van der Waals surface area contributed by atoms with Crippen LogP contribution in [0.3, 0.4) is 0 Å². The van der Waals surface area contributed by atoms with Crippen molar-refractivity contribution < 1.29 is 9.59 Å². The average molecular weight is 711 g/mol. The molecule has 0 heterocycles. The van der Waals surface area contributed by atoms with Gasteiger partial charge in [-0.3, -0.25) is 9.59 Å². The molecule has 0 aliphatic heterocycles. The van der Waals surface area contributed by atoms with E-state index in [9.17, 15) is 0 Å². The number of ketones is 2. The summed E-state index contributed by atoms with van der Waals surface area (Å²) in [7, 11) is 0. The van der Waals surface area contributed by atoms with E-state index in [1.807, 2.05) is 24.3 Å². The number of hydrogen-bond donors (Lipinski definition) is 0. The van der Waals surface area contributed by atoms with Gasteiger partial charge in [-0.15, -0.1) is 0 Å². The highest BCUT2D eigenvalue weighted by atomic mass is 16.1. The lowest BCUT2D eigenvalue weighted by Crippen LogP contribution is -2.56. The SMILES string of the molecule is O=C1c2ccc3c4c2C2(c5ccc(-c6ccccc6)cc5C4(c4cc(-c5ccccc5)ccc42)c2c(ccc4ccccc24)C3=O)c2c1ccc1ccccc21. The minimum Gasteiger partial charge on any atom is -0.289 e. The van der Waals surface area contributed by atoms with Gasteiger partial charge in [-0.05, 0) is 113 Å². The van der Waals surface area contributed by atoms with E-state index in [4.69, 9.17) is 0 Å². The van der Waals surface area contributed by atoms with Gasteiger partial charge in [0, 0.05) is 22.3 Å². The van der Waals surface area contributed by atoms with Gasteiger partial charge in [0.15, 0.2) is 11.6 Å². The van der Waals surface area contributed by atoms with E-state index in [-0.39, 0.29) is 11.6 Å². The van der Waals surface area contributed by atoms with Crippen molar-refractivity contribution in [2.24, 2.45) is 0 Å². The van der Waals surface area contributed by atoms with Crippen molar-refractivity contribution in [3.63, 3.8) is 0 Å². The Hall–Kier alpha value is -7.16. The van der Waals surface area contributed by atoms with Crippen molar-refractivity contribution in [1.29, 1.82) is 0 Å². The van der Waals surface area contributed by atoms with Crippen LogP contribution in [0.15, 0.2) is 182 Å². The van der Waals surface area contributed by atoms with Gasteiger partial charge in [0.2, 0.25) is 0 Å². The molecule has 258 valence electrons. The molecule has 56 heavy (non-hydrogen) atoms. The Balaban J connectivity index is 1.33. The predicted octanol–water partition coefficient (Wildman–Crippen LogP) is 11.8. The van der Waals surface area contributed by atoms with Crippen LogP contribution in [0.2, 0.25) is 0 Å². The number of hydrogen-bond acceptors (Lipinski definition) is 2. The minimum atomic E-state index is -0.908. The highest BCUT2D eigenvalue weighted by molar-refractivity contribution is 6.23. The third-order valence-corrected chi connectivity index (χ3v) is 13.4. The molecule has 0 aromatic heterocycles. The highest BCUT2D eigenvalue weighted by Crippen LogP contribution is 2.71. The molecular weight excluding hydrogens is 681 g/mol. The summed E-state index contributed by atoms with van der Waals surface area (Å²) < 4.78 is 0. The molecule has 0 saturated carbocycles. The first kappa shape index (κ1) is 30.2. The summed E-state index contributed by atoms with van der Waals surface area (Å²) in [5.41, 5.74) is 14.1. The largest absolute Gasteiger partial charge is 0.289 e. The summed E-state index contributed by atoms with van der Waals surface area (Å²) in [6.45, 7) is 0. The van der Waals surface area contributed by atoms with Gasteiger partial charge in [0.1, 0.15) is 0 Å². The van der Waals surface area contributed by atoms with Gasteiger partial charge in [-0.2, -0.15) is 0 Å². The molecule has 5 aliphatic carbocycles. The van der Waals surface area contributed by atoms with Gasteiger partial charge in [0.05, 0.1) is 10.8 Å². The second-order valence-corrected chi connectivity index (χ2v) is 15.7. The Bertz CT molecular complexity index is 3190. The van der Waals surface area contributed by atoms with Gasteiger partial charge in [-0.1, -0.05) is 158 Å². The van der Waals surface area contributed by atoms with Crippen LogP contribution in [0, 0.1) is 0 Å². The molecule has 0 unspecified atom stereocenters. The Morgan fingerprint density at radius 3 is 1.12 bits per heavy atom. The maximum Gasteiger partial charge on any atom is 0.193 e. The average Bonchev–Trinajstić information content (AvgIpc) is 3.27. The zero-order valence-electron chi connectivity index (χ0n) is 30.1. The van der Waals surface area contributed by atoms with Crippen LogP contribution in [0.4, 0.5) is 0 Å². The summed E-state index contributed by atoms with van der Waals surface area (Å²) in [5, 5.41) is 4.27. The fraction of sp³-hybridized carbons (Fsp3) is 0.0370. The first-order valence-electron chi connectivity index (χ1n) is 19.3. The van der Waals surface area contributed by atoms with Gasteiger partial charge in [-0.25, -0.2) is 0 Å². The number of benzene rings is 9. The highest BCUT2D eigenvalue weighted by Gasteiger charge is 2.66. The van der Waals surface area contributed by atoms with E-state index >= 15 is 9.59 Å². The van der Waals surface area contributed by atoms with Crippen molar-refractivity contribution in [2.75, 3.05) is 0 Å². The van der Waals surface area contributed by atoms with E-state index in [1.54, 1.807) is 0 Å². The van der Waals surface area contributed by atoms with Crippen LogP contribution >= 0.6 is 0 Å². The van der Waals surface area contributed by atoms with E-state index in [2.05, 4.69) is 158 Å². The zero-order chi connectivity index (χ0) is 36.9. The molecule has 2 spiro atoms. The summed E-state index contributed by atoms with van der Waals surface area (Å²) in [6, 6.07) is 64.4. The molecule has 9 aromatic carbocycles. The number of carbonyl (C=O) groups excluding carboxylic acids is 2. The molecule has 0 radical (unpaired) electrons. The maximum absolute atomic E-state index is 15.2. The van der Waals surface area contributed by atoms with E-state index in [1.165, 1.54) is 22.3 Å². The quantitative estimate of drug-likeness (QED) is 0.179. The molecule has 5 aliphatic rings. The van der Waals surface area contributed by atoms with E-state index in [0.29, 0.717) is 16.7 Å². The van der Waals surface area contributed by atoms with Crippen molar-refractivity contribution in [3.8, 4) is 22.3 Å².